The molecule has 1 aromatic carbocycles. The van der Waals surface area contributed by atoms with Crippen LogP contribution >= 0.6 is 0 Å². The van der Waals surface area contributed by atoms with E-state index < -0.39 is 0 Å². The van der Waals surface area contributed by atoms with Crippen LogP contribution in [0, 0.1) is 6.92 Å². The predicted molar refractivity (Wildman–Crippen MR) is 98.6 cm³/mol. The lowest BCUT2D eigenvalue weighted by molar-refractivity contribution is 0.307. The second-order valence-electron chi connectivity index (χ2n) is 6.43. The smallest absolute Gasteiger partial charge is 0.230 e. The number of pyridine rings is 1. The molecule has 2 aromatic rings. The van der Waals surface area contributed by atoms with Gasteiger partial charge in [0.25, 0.3) is 0 Å². The Bertz CT molecular complexity index is 804. The van der Waals surface area contributed by atoms with Crippen molar-refractivity contribution in [3.63, 3.8) is 0 Å². The molecule has 25 heavy (non-hydrogen) atoms. The molecule has 0 unspecified atom stereocenters. The maximum Gasteiger partial charge on any atom is 0.230 e. The molecule has 0 fully saturated rings. The largest absolute Gasteiger partial charge is 0.438 e. The highest BCUT2D eigenvalue weighted by Gasteiger charge is 2.21. The summed E-state index contributed by atoms with van der Waals surface area (Å²) >= 11 is 0. The Morgan fingerprint density at radius 3 is 2.64 bits per heavy atom. The summed E-state index contributed by atoms with van der Waals surface area (Å²) in [5.41, 5.74) is 2.72. The molecule has 0 radical (unpaired) electrons. The van der Waals surface area contributed by atoms with Gasteiger partial charge in [0.05, 0.1) is 5.56 Å². The number of ether oxygens (including phenoxy) is 1. The summed E-state index contributed by atoms with van der Waals surface area (Å²) in [6, 6.07) is 11.8. The van der Waals surface area contributed by atoms with E-state index in [9.17, 15) is 5.21 Å². The lowest BCUT2D eigenvalue weighted by Gasteiger charge is -2.20. The van der Waals surface area contributed by atoms with Gasteiger partial charge < -0.3 is 14.8 Å². The number of oxime groups is 1. The van der Waals surface area contributed by atoms with E-state index in [4.69, 9.17) is 4.74 Å². The lowest BCUT2D eigenvalue weighted by atomic mass is 10.0. The third kappa shape index (κ3) is 3.82. The molecule has 0 saturated carbocycles. The zero-order valence-corrected chi connectivity index (χ0v) is 14.8. The minimum atomic E-state index is 0.415. The Hall–Kier alpha value is -2.82. The van der Waals surface area contributed by atoms with Crippen LogP contribution in [0.4, 0.5) is 0 Å². The number of hydrogen-bond acceptors (Lipinski definition) is 4. The van der Waals surface area contributed by atoms with E-state index in [1.54, 1.807) is 0 Å². The van der Waals surface area contributed by atoms with Gasteiger partial charge in [-0.2, -0.15) is 0 Å². The molecule has 5 nitrogen and oxygen atoms in total. The number of hydrogen-bond donors (Lipinski definition) is 1. The molecule has 1 aliphatic rings. The fourth-order valence-electron chi connectivity index (χ4n) is 2.77. The molecule has 0 atom stereocenters. The van der Waals surface area contributed by atoms with Crippen LogP contribution in [0.2, 0.25) is 0 Å². The van der Waals surface area contributed by atoms with Crippen LogP contribution in [0.1, 0.15) is 36.6 Å². The summed E-state index contributed by atoms with van der Waals surface area (Å²) in [5, 5.41) is 13.1. The van der Waals surface area contributed by atoms with Gasteiger partial charge >= 0.3 is 0 Å². The molecule has 3 rings (SSSR count). The van der Waals surface area contributed by atoms with Crippen molar-refractivity contribution in [1.82, 2.24) is 9.88 Å². The van der Waals surface area contributed by atoms with Crippen LogP contribution in [-0.4, -0.2) is 34.0 Å². The monoisotopic (exact) mass is 337 g/mol. The van der Waals surface area contributed by atoms with Crippen LogP contribution < -0.4 is 4.74 Å². The number of rotatable bonds is 4. The number of nitrogens with zero attached hydrogens (tertiary/aromatic N) is 3. The minimum Gasteiger partial charge on any atom is -0.438 e. The average molecular weight is 337 g/mol. The van der Waals surface area contributed by atoms with E-state index in [1.807, 2.05) is 54.3 Å². The standard InChI is InChI=1S/C20H23N3O2/c1-14(2)16-7-6-8-17(13-16)25-20-18(10-9-15(3)21-20)19(22-24)23-11-4-5-12-23/h4-10,13-14,24H,11-12H2,1-3H3/b22-19-. The van der Waals surface area contributed by atoms with Gasteiger partial charge in [-0.3, -0.25) is 0 Å². The summed E-state index contributed by atoms with van der Waals surface area (Å²) in [4.78, 5) is 6.48. The molecule has 0 aliphatic carbocycles. The number of amidine groups is 1. The van der Waals surface area contributed by atoms with Crippen molar-refractivity contribution in [1.29, 1.82) is 0 Å². The predicted octanol–water partition coefficient (Wildman–Crippen LogP) is 4.31. The summed E-state index contributed by atoms with van der Waals surface area (Å²) in [6.07, 6.45) is 4.08. The van der Waals surface area contributed by atoms with Gasteiger partial charge in [0.2, 0.25) is 5.88 Å². The first-order valence-electron chi connectivity index (χ1n) is 8.46. The molecule has 2 heterocycles. The topological polar surface area (TPSA) is 58.0 Å². The van der Waals surface area contributed by atoms with Crippen LogP contribution in [-0.2, 0) is 0 Å². The highest BCUT2D eigenvalue weighted by atomic mass is 16.5. The van der Waals surface area contributed by atoms with E-state index in [-0.39, 0.29) is 0 Å². The van der Waals surface area contributed by atoms with Crippen LogP contribution in [0.25, 0.3) is 0 Å². The Kier molecular flexibility index (Phi) is 5.03. The molecule has 1 N–H and O–H groups in total. The van der Waals surface area contributed by atoms with Gasteiger partial charge in [0.1, 0.15) is 5.75 Å². The second kappa shape index (κ2) is 7.38. The van der Waals surface area contributed by atoms with Gasteiger partial charge in [-0.15, -0.1) is 0 Å². The molecular weight excluding hydrogens is 314 g/mol. The van der Waals surface area contributed by atoms with Crippen molar-refractivity contribution < 1.29 is 9.94 Å². The SMILES string of the molecule is Cc1ccc(/C(=N/O)N2CC=CC2)c(Oc2cccc(C(C)C)c2)n1. The quantitative estimate of drug-likeness (QED) is 0.297. The summed E-state index contributed by atoms with van der Waals surface area (Å²) < 4.78 is 6.07. The van der Waals surface area contributed by atoms with Crippen molar-refractivity contribution in [2.45, 2.75) is 26.7 Å². The Morgan fingerprint density at radius 2 is 1.96 bits per heavy atom. The molecular formula is C20H23N3O2. The maximum atomic E-state index is 9.55. The molecule has 1 aliphatic heterocycles. The van der Waals surface area contributed by atoms with E-state index >= 15 is 0 Å². The maximum absolute atomic E-state index is 9.55. The highest BCUT2D eigenvalue weighted by Crippen LogP contribution is 2.28. The van der Waals surface area contributed by atoms with Crippen LogP contribution in [0.3, 0.4) is 0 Å². The minimum absolute atomic E-state index is 0.415. The van der Waals surface area contributed by atoms with E-state index in [0.717, 1.165) is 11.4 Å². The Labute approximate surface area is 148 Å². The van der Waals surface area contributed by atoms with Crippen LogP contribution in [0.5, 0.6) is 11.6 Å². The molecule has 130 valence electrons. The first kappa shape index (κ1) is 17.0. The summed E-state index contributed by atoms with van der Waals surface area (Å²) in [6.45, 7) is 7.61. The van der Waals surface area contributed by atoms with Gasteiger partial charge in [0, 0.05) is 18.8 Å². The third-order valence-corrected chi connectivity index (χ3v) is 4.19. The fraction of sp³-hybridized carbons (Fsp3) is 0.300. The van der Waals surface area contributed by atoms with Gasteiger partial charge in [-0.25, -0.2) is 4.98 Å². The average Bonchev–Trinajstić information content (AvgIpc) is 3.12. The van der Waals surface area contributed by atoms with Crippen LogP contribution in [0.15, 0.2) is 53.7 Å². The number of aromatic nitrogens is 1. The molecule has 0 spiro atoms. The van der Waals surface area contributed by atoms with Crippen molar-refractivity contribution >= 4 is 5.84 Å². The normalized spacial score (nSPS) is 14.4. The first-order chi connectivity index (χ1) is 12.1. The molecule has 5 heteroatoms. The Balaban J connectivity index is 1.95. The Morgan fingerprint density at radius 1 is 1.20 bits per heavy atom. The number of aryl methyl sites for hydroxylation is 1. The van der Waals surface area contributed by atoms with Gasteiger partial charge in [0.15, 0.2) is 5.84 Å². The van der Waals surface area contributed by atoms with Crippen molar-refractivity contribution in [2.24, 2.45) is 5.16 Å². The number of benzene rings is 1. The molecule has 0 saturated heterocycles. The van der Waals surface area contributed by atoms with Crippen molar-refractivity contribution in [2.75, 3.05) is 13.1 Å². The molecule has 0 bridgehead atoms. The second-order valence-corrected chi connectivity index (χ2v) is 6.43. The van der Waals surface area contributed by atoms with Gasteiger partial charge in [-0.1, -0.05) is 43.3 Å². The zero-order valence-electron chi connectivity index (χ0n) is 14.8. The third-order valence-electron chi connectivity index (χ3n) is 4.19. The zero-order chi connectivity index (χ0) is 17.8. The van der Waals surface area contributed by atoms with E-state index in [0.29, 0.717) is 36.3 Å². The molecule has 0 amide bonds. The van der Waals surface area contributed by atoms with Gasteiger partial charge in [-0.05, 0) is 42.7 Å². The van der Waals surface area contributed by atoms with Crippen molar-refractivity contribution in [3.05, 3.63) is 65.4 Å². The lowest BCUT2D eigenvalue weighted by Crippen LogP contribution is -2.29. The molecule has 1 aromatic heterocycles. The fourth-order valence-corrected chi connectivity index (χ4v) is 2.77. The summed E-state index contributed by atoms with van der Waals surface area (Å²) in [5.74, 6) is 2.05. The van der Waals surface area contributed by atoms with E-state index in [2.05, 4.69) is 30.1 Å². The summed E-state index contributed by atoms with van der Waals surface area (Å²) in [7, 11) is 0. The highest BCUT2D eigenvalue weighted by molar-refractivity contribution is 6.00. The van der Waals surface area contributed by atoms with E-state index in [1.165, 1.54) is 5.56 Å². The van der Waals surface area contributed by atoms with Crippen molar-refractivity contribution in [3.8, 4) is 11.6 Å². The first-order valence-corrected chi connectivity index (χ1v) is 8.46.